The molecule has 4 N–H and O–H groups in total. The number of carbonyl (C=O) groups is 1. The summed E-state index contributed by atoms with van der Waals surface area (Å²) in [7, 11) is 0. The van der Waals surface area contributed by atoms with E-state index in [2.05, 4.69) is 26.1 Å². The normalized spacial score (nSPS) is 33.6. The van der Waals surface area contributed by atoms with Crippen LogP contribution in [0.5, 0.6) is 0 Å². The second-order valence-electron chi connectivity index (χ2n) is 5.97. The van der Waals surface area contributed by atoms with Crippen molar-refractivity contribution >= 4 is 35.0 Å². The highest BCUT2D eigenvalue weighted by Crippen LogP contribution is 2.32. The van der Waals surface area contributed by atoms with Crippen LogP contribution in [0.15, 0.2) is 0 Å². The molecule has 1 heterocycles. The molecule has 21 heavy (non-hydrogen) atoms. The Bertz CT molecular complexity index is 355. The van der Waals surface area contributed by atoms with Crippen molar-refractivity contribution in [1.29, 1.82) is 0 Å². The third-order valence-electron chi connectivity index (χ3n) is 2.98. The lowest BCUT2D eigenvalue weighted by molar-refractivity contribution is -0.173. The number of hydrogen-bond donors (Lipinski definition) is 4. The number of ether oxygens (including phenoxy) is 1. The second-order valence-corrected chi connectivity index (χ2v) is 9.23. The highest BCUT2D eigenvalue weighted by Gasteiger charge is 2.44. The first kappa shape index (κ1) is 19.1. The molecule has 6 nitrogen and oxygen atoms in total. The van der Waals surface area contributed by atoms with Crippen LogP contribution in [0, 0.1) is 0 Å². The summed E-state index contributed by atoms with van der Waals surface area (Å²) in [5.41, 5.74) is -0.515. The molecule has 1 aliphatic rings. The molecule has 0 bridgehead atoms. The van der Waals surface area contributed by atoms with Gasteiger partial charge in [0, 0.05) is 6.92 Å². The molecule has 1 amide bonds. The van der Waals surface area contributed by atoms with Crippen molar-refractivity contribution < 1.29 is 24.9 Å². The summed E-state index contributed by atoms with van der Waals surface area (Å²) in [6.07, 6.45) is -3.24. The Hall–Kier alpha value is 0.0749. The van der Waals surface area contributed by atoms with Gasteiger partial charge in [0.05, 0.1) is 12.6 Å². The quantitative estimate of drug-likeness (QED) is 0.500. The summed E-state index contributed by atoms with van der Waals surface area (Å²) in [5.74, 6) is 0.414. The fourth-order valence-corrected chi connectivity index (χ4v) is 4.77. The van der Waals surface area contributed by atoms with Gasteiger partial charge in [0.2, 0.25) is 5.91 Å². The lowest BCUT2D eigenvalue weighted by atomic mass is 9.98. The van der Waals surface area contributed by atoms with Gasteiger partial charge in [-0.2, -0.15) is 23.2 Å². The van der Waals surface area contributed by atoms with Crippen LogP contribution in [-0.4, -0.2) is 68.2 Å². The summed E-state index contributed by atoms with van der Waals surface area (Å²) in [6, 6.07) is -0.703. The average Bonchev–Trinajstić information content (AvgIpc) is 2.35. The van der Waals surface area contributed by atoms with Gasteiger partial charge in [-0.15, -0.1) is 0 Å². The summed E-state index contributed by atoms with van der Waals surface area (Å²) in [6.45, 7) is 7.26. The van der Waals surface area contributed by atoms with Gasteiger partial charge in [0.15, 0.2) is 0 Å². The molecule has 1 saturated heterocycles. The molecule has 1 aliphatic heterocycles. The molecule has 0 saturated carbocycles. The van der Waals surface area contributed by atoms with E-state index in [0.717, 1.165) is 0 Å². The SMILES string of the molecule is CC(=O)NC1C(SBSC(C)(C)C)OC(CO)C(O)C1O. The Morgan fingerprint density at radius 1 is 1.33 bits per heavy atom. The van der Waals surface area contributed by atoms with E-state index in [1.165, 1.54) is 18.5 Å². The van der Waals surface area contributed by atoms with Gasteiger partial charge in [-0.3, -0.25) is 4.79 Å². The third kappa shape index (κ3) is 6.00. The number of carbonyl (C=O) groups excluding carboxylic acids is 1. The second kappa shape index (κ2) is 8.08. The zero-order valence-electron chi connectivity index (χ0n) is 12.8. The van der Waals surface area contributed by atoms with E-state index in [-0.39, 0.29) is 17.3 Å². The molecule has 5 unspecified atom stereocenters. The Morgan fingerprint density at radius 3 is 2.43 bits per heavy atom. The van der Waals surface area contributed by atoms with Crippen LogP contribution in [0.4, 0.5) is 0 Å². The number of aliphatic hydroxyl groups excluding tert-OH is 3. The van der Waals surface area contributed by atoms with Crippen LogP contribution >= 0.6 is 23.2 Å². The molecular weight excluding hydrogens is 313 g/mol. The summed E-state index contributed by atoms with van der Waals surface area (Å²) in [5, 5.41) is 31.9. The molecule has 0 spiro atoms. The Labute approximate surface area is 134 Å². The van der Waals surface area contributed by atoms with Gasteiger partial charge in [-0.05, 0) is 4.75 Å². The molecule has 1 fully saturated rings. The molecule has 9 heteroatoms. The van der Waals surface area contributed by atoms with E-state index < -0.39 is 29.8 Å². The van der Waals surface area contributed by atoms with E-state index in [4.69, 9.17) is 4.74 Å². The van der Waals surface area contributed by atoms with Crippen LogP contribution in [0.1, 0.15) is 27.7 Å². The van der Waals surface area contributed by atoms with Crippen LogP contribution in [0.2, 0.25) is 0 Å². The largest absolute Gasteiger partial charge is 0.394 e. The lowest BCUT2D eigenvalue weighted by Gasteiger charge is -2.42. The van der Waals surface area contributed by atoms with E-state index in [9.17, 15) is 20.1 Å². The minimum atomic E-state index is -1.22. The maximum absolute atomic E-state index is 11.3. The van der Waals surface area contributed by atoms with Crippen molar-refractivity contribution in [2.45, 2.75) is 62.2 Å². The van der Waals surface area contributed by atoms with E-state index in [1.54, 1.807) is 11.6 Å². The number of rotatable bonds is 5. The van der Waals surface area contributed by atoms with Crippen molar-refractivity contribution in [1.82, 2.24) is 5.32 Å². The average molecular weight is 337 g/mol. The van der Waals surface area contributed by atoms with Gasteiger partial charge >= 0.3 is 0 Å². The Kier molecular flexibility index (Phi) is 7.35. The fraction of sp³-hybridized carbons (Fsp3) is 0.917. The summed E-state index contributed by atoms with van der Waals surface area (Å²) in [4.78, 5) is 11.3. The van der Waals surface area contributed by atoms with Gasteiger partial charge < -0.3 is 25.4 Å². The molecule has 122 valence electrons. The maximum Gasteiger partial charge on any atom is 0.260 e. The molecule has 0 aromatic carbocycles. The smallest absolute Gasteiger partial charge is 0.260 e. The topological polar surface area (TPSA) is 99.0 Å². The first-order valence-corrected chi connectivity index (χ1v) is 8.84. The van der Waals surface area contributed by atoms with Gasteiger partial charge in [0.1, 0.15) is 23.7 Å². The third-order valence-corrected chi connectivity index (χ3v) is 5.59. The highest BCUT2D eigenvalue weighted by molar-refractivity contribution is 8.51. The van der Waals surface area contributed by atoms with Crippen molar-refractivity contribution in [2.24, 2.45) is 0 Å². The lowest BCUT2D eigenvalue weighted by Crippen LogP contribution is -2.63. The number of nitrogens with one attached hydrogen (secondary N) is 1. The molecule has 0 aromatic rings. The van der Waals surface area contributed by atoms with Crippen LogP contribution in [0.3, 0.4) is 0 Å². The number of hydrogen-bond acceptors (Lipinski definition) is 7. The predicted octanol–water partition coefficient (Wildman–Crippen LogP) is -0.539. The van der Waals surface area contributed by atoms with Gasteiger partial charge in [-0.1, -0.05) is 20.8 Å². The molecular formula is C12H24BNO5S2. The predicted molar refractivity (Wildman–Crippen MR) is 87.4 cm³/mol. The first-order valence-electron chi connectivity index (χ1n) is 6.81. The molecule has 1 rings (SSSR count). The zero-order valence-corrected chi connectivity index (χ0v) is 14.4. The molecule has 0 radical (unpaired) electrons. The number of amides is 1. The molecule has 5 atom stereocenters. The van der Waals surface area contributed by atoms with Crippen molar-refractivity contribution in [3.05, 3.63) is 0 Å². The zero-order chi connectivity index (χ0) is 16.2. The fourth-order valence-electron chi connectivity index (χ4n) is 1.89. The van der Waals surface area contributed by atoms with Crippen LogP contribution in [-0.2, 0) is 9.53 Å². The summed E-state index contributed by atoms with van der Waals surface area (Å²) >= 11 is 3.17. The standard InChI is InChI=1S/C12H24BNO5S2/c1-6(16)14-8-10(18)9(17)7(5-15)19-11(8)20-13-21-12(2,3)4/h7-11,13,15,17-18H,5H2,1-4H3,(H,14,16). The monoisotopic (exact) mass is 337 g/mol. The minimum absolute atomic E-state index is 0.0969. The van der Waals surface area contributed by atoms with Gasteiger partial charge in [-0.25, -0.2) is 0 Å². The van der Waals surface area contributed by atoms with Gasteiger partial charge in [0.25, 0.3) is 5.84 Å². The summed E-state index contributed by atoms with van der Waals surface area (Å²) < 4.78 is 5.72. The van der Waals surface area contributed by atoms with Crippen molar-refractivity contribution in [3.63, 3.8) is 0 Å². The molecule has 0 aromatic heterocycles. The van der Waals surface area contributed by atoms with Crippen molar-refractivity contribution in [3.8, 4) is 0 Å². The highest BCUT2D eigenvalue weighted by atomic mass is 32.2. The minimum Gasteiger partial charge on any atom is -0.394 e. The Balaban J connectivity index is 2.71. The van der Waals surface area contributed by atoms with E-state index >= 15 is 0 Å². The van der Waals surface area contributed by atoms with E-state index in [1.807, 2.05) is 0 Å². The molecule has 0 aliphatic carbocycles. The van der Waals surface area contributed by atoms with Crippen LogP contribution < -0.4 is 5.32 Å². The maximum atomic E-state index is 11.3. The van der Waals surface area contributed by atoms with Crippen LogP contribution in [0.25, 0.3) is 0 Å². The van der Waals surface area contributed by atoms with Crippen molar-refractivity contribution in [2.75, 3.05) is 6.61 Å². The number of aliphatic hydroxyl groups is 3. The van der Waals surface area contributed by atoms with E-state index in [0.29, 0.717) is 5.84 Å². The Morgan fingerprint density at radius 2 is 1.95 bits per heavy atom. The first-order chi connectivity index (χ1) is 9.65.